The van der Waals surface area contributed by atoms with Gasteiger partial charge in [-0.25, -0.2) is 4.99 Å². The van der Waals surface area contributed by atoms with Crippen LogP contribution in [-0.2, 0) is 13.0 Å². The minimum Gasteiger partial charge on any atom is -0.370 e. The molecule has 1 fully saturated rings. The SMILES string of the molecule is I.NC(=NCc1ccc2c(c1)C(=O)NCC2)NC1CCCC1. The molecule has 1 aliphatic heterocycles. The van der Waals surface area contributed by atoms with Crippen LogP contribution in [0.2, 0.25) is 0 Å². The van der Waals surface area contributed by atoms with E-state index >= 15 is 0 Å². The molecule has 6 heteroatoms. The Labute approximate surface area is 148 Å². The van der Waals surface area contributed by atoms with Crippen LogP contribution in [-0.4, -0.2) is 24.5 Å². The van der Waals surface area contributed by atoms with Crippen LogP contribution in [0.4, 0.5) is 0 Å². The van der Waals surface area contributed by atoms with E-state index < -0.39 is 0 Å². The normalized spacial score (nSPS) is 18.4. The molecule has 0 unspecified atom stereocenters. The van der Waals surface area contributed by atoms with E-state index in [1.807, 2.05) is 18.2 Å². The van der Waals surface area contributed by atoms with E-state index in [4.69, 9.17) is 5.73 Å². The molecule has 0 bridgehead atoms. The van der Waals surface area contributed by atoms with Gasteiger partial charge in [-0.05, 0) is 36.5 Å². The van der Waals surface area contributed by atoms with Gasteiger partial charge in [0.15, 0.2) is 5.96 Å². The highest BCUT2D eigenvalue weighted by molar-refractivity contribution is 14.0. The van der Waals surface area contributed by atoms with Crippen LogP contribution in [0.3, 0.4) is 0 Å². The average Bonchev–Trinajstić information content (AvgIpc) is 2.98. The molecule has 0 aromatic heterocycles. The zero-order chi connectivity index (χ0) is 14.7. The molecule has 1 aliphatic carbocycles. The average molecular weight is 414 g/mol. The van der Waals surface area contributed by atoms with Gasteiger partial charge >= 0.3 is 0 Å². The fourth-order valence-corrected chi connectivity index (χ4v) is 3.06. The first kappa shape index (κ1) is 17.1. The second-order valence-corrected chi connectivity index (χ2v) is 5.82. The summed E-state index contributed by atoms with van der Waals surface area (Å²) in [6.45, 7) is 1.23. The van der Waals surface area contributed by atoms with Gasteiger partial charge in [0.1, 0.15) is 0 Å². The van der Waals surface area contributed by atoms with Crippen molar-refractivity contribution in [2.75, 3.05) is 6.54 Å². The van der Waals surface area contributed by atoms with Crippen molar-refractivity contribution in [2.45, 2.75) is 44.7 Å². The Morgan fingerprint density at radius 2 is 2.14 bits per heavy atom. The maximum absolute atomic E-state index is 11.8. The van der Waals surface area contributed by atoms with Gasteiger partial charge in [-0.3, -0.25) is 4.79 Å². The predicted molar refractivity (Wildman–Crippen MR) is 98.6 cm³/mol. The van der Waals surface area contributed by atoms with Crippen molar-refractivity contribution in [3.8, 4) is 0 Å². The number of fused-ring (bicyclic) bond motifs is 1. The zero-order valence-electron chi connectivity index (χ0n) is 12.6. The van der Waals surface area contributed by atoms with Crippen LogP contribution < -0.4 is 16.4 Å². The summed E-state index contributed by atoms with van der Waals surface area (Å²) < 4.78 is 0. The molecule has 120 valence electrons. The highest BCUT2D eigenvalue weighted by Crippen LogP contribution is 2.18. The van der Waals surface area contributed by atoms with Gasteiger partial charge in [0, 0.05) is 18.2 Å². The lowest BCUT2D eigenvalue weighted by Crippen LogP contribution is -2.38. The van der Waals surface area contributed by atoms with E-state index in [-0.39, 0.29) is 29.9 Å². The van der Waals surface area contributed by atoms with E-state index in [0.29, 0.717) is 18.5 Å². The maximum atomic E-state index is 11.8. The molecule has 22 heavy (non-hydrogen) atoms. The number of guanidine groups is 1. The Morgan fingerprint density at radius 3 is 2.91 bits per heavy atom. The van der Waals surface area contributed by atoms with Gasteiger partial charge in [-0.15, -0.1) is 24.0 Å². The monoisotopic (exact) mass is 414 g/mol. The summed E-state index contributed by atoms with van der Waals surface area (Å²) in [6.07, 6.45) is 5.79. The molecule has 0 atom stereocenters. The van der Waals surface area contributed by atoms with Crippen molar-refractivity contribution in [2.24, 2.45) is 10.7 Å². The molecule has 1 aromatic rings. The highest BCUT2D eigenvalue weighted by Gasteiger charge is 2.17. The lowest BCUT2D eigenvalue weighted by molar-refractivity contribution is 0.0946. The van der Waals surface area contributed by atoms with Crippen molar-refractivity contribution in [3.05, 3.63) is 34.9 Å². The predicted octanol–water partition coefficient (Wildman–Crippen LogP) is 1.94. The number of nitrogens with zero attached hydrogens (tertiary/aromatic N) is 1. The smallest absolute Gasteiger partial charge is 0.251 e. The first-order chi connectivity index (χ1) is 10.2. The number of nitrogens with two attached hydrogens (primary N) is 1. The molecule has 3 rings (SSSR count). The highest BCUT2D eigenvalue weighted by atomic mass is 127. The number of carbonyl (C=O) groups is 1. The molecule has 0 spiro atoms. The van der Waals surface area contributed by atoms with E-state index in [9.17, 15) is 4.79 Å². The van der Waals surface area contributed by atoms with Crippen LogP contribution in [0.5, 0.6) is 0 Å². The molecular formula is C16H23IN4O. The Kier molecular flexibility index (Phi) is 6.05. The quantitative estimate of drug-likeness (QED) is 0.402. The summed E-state index contributed by atoms with van der Waals surface area (Å²) in [7, 11) is 0. The zero-order valence-corrected chi connectivity index (χ0v) is 14.9. The maximum Gasteiger partial charge on any atom is 0.251 e. The molecule has 1 aromatic carbocycles. The molecular weight excluding hydrogens is 391 g/mol. The third-order valence-electron chi connectivity index (χ3n) is 4.24. The molecule has 5 nitrogen and oxygen atoms in total. The van der Waals surface area contributed by atoms with E-state index in [1.165, 1.54) is 25.7 Å². The van der Waals surface area contributed by atoms with Gasteiger partial charge in [0.25, 0.3) is 5.91 Å². The molecule has 4 N–H and O–H groups in total. The van der Waals surface area contributed by atoms with Crippen molar-refractivity contribution < 1.29 is 4.79 Å². The van der Waals surface area contributed by atoms with Crippen molar-refractivity contribution in [1.29, 1.82) is 0 Å². The van der Waals surface area contributed by atoms with Crippen molar-refractivity contribution in [3.63, 3.8) is 0 Å². The molecule has 1 saturated carbocycles. The fraction of sp³-hybridized carbons (Fsp3) is 0.500. The summed E-state index contributed by atoms with van der Waals surface area (Å²) in [5.74, 6) is 0.517. The standard InChI is InChI=1S/C16H22N4O.HI/c17-16(20-13-3-1-2-4-13)19-10-11-5-6-12-7-8-18-15(21)14(12)9-11;/h5-6,9,13H,1-4,7-8,10H2,(H,18,21)(H3,17,19,20);1H. The number of hydrogen-bond donors (Lipinski definition) is 3. The van der Waals surface area contributed by atoms with Gasteiger partial charge in [0.05, 0.1) is 6.54 Å². The van der Waals surface area contributed by atoms with Crippen LogP contribution >= 0.6 is 24.0 Å². The summed E-state index contributed by atoms with van der Waals surface area (Å²) >= 11 is 0. The number of nitrogens with one attached hydrogen (secondary N) is 2. The minimum absolute atomic E-state index is 0. The summed E-state index contributed by atoms with van der Waals surface area (Å²) in [5, 5.41) is 6.14. The first-order valence-electron chi connectivity index (χ1n) is 7.69. The van der Waals surface area contributed by atoms with Crippen LogP contribution in [0.25, 0.3) is 0 Å². The lowest BCUT2D eigenvalue weighted by Gasteiger charge is -2.17. The Bertz CT molecular complexity index is 567. The van der Waals surface area contributed by atoms with Gasteiger partial charge in [-0.1, -0.05) is 25.0 Å². The van der Waals surface area contributed by atoms with Crippen LogP contribution in [0.15, 0.2) is 23.2 Å². The lowest BCUT2D eigenvalue weighted by atomic mass is 9.98. The van der Waals surface area contributed by atoms with Crippen LogP contribution in [0, 0.1) is 0 Å². The molecule has 0 radical (unpaired) electrons. The van der Waals surface area contributed by atoms with E-state index in [0.717, 1.165) is 29.7 Å². The first-order valence-corrected chi connectivity index (χ1v) is 7.69. The molecule has 1 amide bonds. The van der Waals surface area contributed by atoms with Crippen molar-refractivity contribution >= 4 is 35.8 Å². The Balaban J connectivity index is 0.00000176. The summed E-state index contributed by atoms with van der Waals surface area (Å²) in [6, 6.07) is 6.46. The molecule has 2 aliphatic rings. The van der Waals surface area contributed by atoms with Crippen molar-refractivity contribution in [1.82, 2.24) is 10.6 Å². The molecule has 0 saturated heterocycles. The summed E-state index contributed by atoms with van der Waals surface area (Å²) in [5.41, 5.74) is 8.83. The second-order valence-electron chi connectivity index (χ2n) is 5.82. The number of aliphatic imine (C=N–C) groups is 1. The van der Waals surface area contributed by atoms with Crippen LogP contribution in [0.1, 0.15) is 47.2 Å². The van der Waals surface area contributed by atoms with Gasteiger partial charge in [-0.2, -0.15) is 0 Å². The Hall–Kier alpha value is -1.31. The number of rotatable bonds is 3. The third-order valence-corrected chi connectivity index (χ3v) is 4.24. The largest absolute Gasteiger partial charge is 0.370 e. The minimum atomic E-state index is 0. The number of amides is 1. The number of halogens is 1. The summed E-state index contributed by atoms with van der Waals surface area (Å²) in [4.78, 5) is 16.2. The topological polar surface area (TPSA) is 79.5 Å². The van der Waals surface area contributed by atoms with E-state index in [2.05, 4.69) is 15.6 Å². The third kappa shape index (κ3) is 4.12. The molecule has 1 heterocycles. The van der Waals surface area contributed by atoms with Gasteiger partial charge < -0.3 is 16.4 Å². The fourth-order valence-electron chi connectivity index (χ4n) is 3.06. The van der Waals surface area contributed by atoms with Gasteiger partial charge in [0.2, 0.25) is 0 Å². The van der Waals surface area contributed by atoms with E-state index in [1.54, 1.807) is 0 Å². The number of hydrogen-bond acceptors (Lipinski definition) is 2. The Morgan fingerprint density at radius 1 is 1.36 bits per heavy atom. The second kappa shape index (κ2) is 7.80. The number of carbonyl (C=O) groups excluding carboxylic acids is 1. The number of benzene rings is 1.